The summed E-state index contributed by atoms with van der Waals surface area (Å²) in [7, 11) is 0. The molecule has 0 N–H and O–H groups in total. The molecule has 0 unspecified atom stereocenters. The van der Waals surface area contributed by atoms with Crippen molar-refractivity contribution in [2.45, 2.75) is 33.6 Å². The van der Waals surface area contributed by atoms with E-state index in [-0.39, 0.29) is 11.5 Å². The molecule has 8 heteroatoms. The van der Waals surface area contributed by atoms with Crippen LogP contribution in [0, 0.1) is 11.8 Å². The Morgan fingerprint density at radius 3 is 2.70 bits per heavy atom. The summed E-state index contributed by atoms with van der Waals surface area (Å²) in [6.45, 7) is 8.64. The molecule has 158 valence electrons. The molecule has 0 radical (unpaired) electrons. The second-order valence-corrected chi connectivity index (χ2v) is 10.1. The van der Waals surface area contributed by atoms with Crippen molar-refractivity contribution in [3.8, 4) is 0 Å². The fourth-order valence-corrected chi connectivity index (χ4v) is 5.09. The van der Waals surface area contributed by atoms with Gasteiger partial charge in [-0.25, -0.2) is 4.98 Å². The molecule has 0 aromatic carbocycles. The first-order chi connectivity index (χ1) is 14.3. The second-order valence-electron chi connectivity index (χ2n) is 8.44. The standard InChI is InChI=1S/C22H26N4O2S2/c1-14(2)13-26-21(28)17(30-22(26)29)12-16-19(24-10-7-15(3)8-11-24)23-18-6-4-5-9-25(18)20(16)27/h4-6,9,12,14-15H,7-8,10-11,13H2,1-3H3/b17-12+. The number of anilines is 1. The van der Waals surface area contributed by atoms with E-state index in [1.165, 1.54) is 16.2 Å². The molecule has 0 atom stereocenters. The number of rotatable bonds is 4. The predicted molar refractivity (Wildman–Crippen MR) is 127 cm³/mol. The lowest BCUT2D eigenvalue weighted by atomic mass is 9.99. The third-order valence-corrected chi connectivity index (χ3v) is 6.91. The smallest absolute Gasteiger partial charge is 0.267 e. The summed E-state index contributed by atoms with van der Waals surface area (Å²) in [5.74, 6) is 1.51. The average Bonchev–Trinajstić information content (AvgIpc) is 2.97. The zero-order valence-electron chi connectivity index (χ0n) is 17.5. The monoisotopic (exact) mass is 442 g/mol. The van der Waals surface area contributed by atoms with Crippen LogP contribution in [0.25, 0.3) is 11.7 Å². The summed E-state index contributed by atoms with van der Waals surface area (Å²) in [5, 5.41) is 0. The van der Waals surface area contributed by atoms with Gasteiger partial charge in [-0.3, -0.25) is 18.9 Å². The summed E-state index contributed by atoms with van der Waals surface area (Å²) in [6.07, 6.45) is 5.54. The van der Waals surface area contributed by atoms with E-state index in [0.717, 1.165) is 25.9 Å². The zero-order chi connectivity index (χ0) is 21.4. The Morgan fingerprint density at radius 1 is 1.27 bits per heavy atom. The maximum absolute atomic E-state index is 13.4. The minimum absolute atomic E-state index is 0.130. The van der Waals surface area contributed by atoms with Gasteiger partial charge in [0.2, 0.25) is 0 Å². The highest BCUT2D eigenvalue weighted by molar-refractivity contribution is 8.26. The highest BCUT2D eigenvalue weighted by Gasteiger charge is 2.33. The zero-order valence-corrected chi connectivity index (χ0v) is 19.1. The maximum atomic E-state index is 13.4. The summed E-state index contributed by atoms with van der Waals surface area (Å²) >= 11 is 6.69. The number of hydrogen-bond acceptors (Lipinski definition) is 6. The van der Waals surface area contributed by atoms with Crippen molar-refractivity contribution in [1.82, 2.24) is 14.3 Å². The van der Waals surface area contributed by atoms with Crippen molar-refractivity contribution in [3.63, 3.8) is 0 Å². The van der Waals surface area contributed by atoms with Crippen molar-refractivity contribution in [2.75, 3.05) is 24.5 Å². The van der Waals surface area contributed by atoms with Crippen molar-refractivity contribution in [1.29, 1.82) is 0 Å². The normalized spacial score (nSPS) is 19.7. The molecule has 2 aliphatic heterocycles. The molecule has 0 bridgehead atoms. The molecule has 0 saturated carbocycles. The molecule has 2 aliphatic rings. The van der Waals surface area contributed by atoms with Crippen LogP contribution in [-0.2, 0) is 4.79 Å². The summed E-state index contributed by atoms with van der Waals surface area (Å²) in [4.78, 5) is 35.5. The molecule has 2 saturated heterocycles. The van der Waals surface area contributed by atoms with E-state index in [4.69, 9.17) is 17.2 Å². The van der Waals surface area contributed by atoms with Gasteiger partial charge in [0.1, 0.15) is 15.8 Å². The molecule has 2 aromatic heterocycles. The van der Waals surface area contributed by atoms with Gasteiger partial charge in [0, 0.05) is 25.8 Å². The van der Waals surface area contributed by atoms with Gasteiger partial charge < -0.3 is 4.90 Å². The van der Waals surface area contributed by atoms with E-state index in [1.54, 1.807) is 17.2 Å². The SMILES string of the molecule is CC(C)CN1C(=O)/C(=C\c2c(N3CCC(C)CC3)nc3ccccn3c2=O)SC1=S. The maximum Gasteiger partial charge on any atom is 0.267 e. The summed E-state index contributed by atoms with van der Waals surface area (Å²) in [5.41, 5.74) is 0.905. The van der Waals surface area contributed by atoms with Crippen LogP contribution in [0.3, 0.4) is 0 Å². The minimum atomic E-state index is -0.164. The Kier molecular flexibility index (Phi) is 5.97. The predicted octanol–water partition coefficient (Wildman–Crippen LogP) is 3.79. The number of amides is 1. The number of aromatic nitrogens is 2. The van der Waals surface area contributed by atoms with Gasteiger partial charge in [0.05, 0.1) is 10.5 Å². The Hall–Kier alpha value is -2.19. The van der Waals surface area contributed by atoms with E-state index in [1.807, 2.05) is 18.2 Å². The average molecular weight is 443 g/mol. The van der Waals surface area contributed by atoms with Gasteiger partial charge in [-0.05, 0) is 42.9 Å². The highest BCUT2D eigenvalue weighted by Crippen LogP contribution is 2.34. The quantitative estimate of drug-likeness (QED) is 0.530. The van der Waals surface area contributed by atoms with Crippen LogP contribution in [0.5, 0.6) is 0 Å². The summed E-state index contributed by atoms with van der Waals surface area (Å²) in [6, 6.07) is 5.52. The van der Waals surface area contributed by atoms with E-state index in [9.17, 15) is 9.59 Å². The molecule has 0 aliphatic carbocycles. The molecule has 2 fully saturated rings. The molecule has 6 nitrogen and oxygen atoms in total. The fraction of sp³-hybridized carbons (Fsp3) is 0.455. The Bertz CT molecular complexity index is 1080. The van der Waals surface area contributed by atoms with Crippen LogP contribution in [-0.4, -0.2) is 44.1 Å². The number of pyridine rings is 1. The Morgan fingerprint density at radius 2 is 2.00 bits per heavy atom. The van der Waals surface area contributed by atoms with Crippen LogP contribution in [0.4, 0.5) is 5.82 Å². The van der Waals surface area contributed by atoms with Gasteiger partial charge in [-0.15, -0.1) is 0 Å². The highest BCUT2D eigenvalue weighted by atomic mass is 32.2. The van der Waals surface area contributed by atoms with Crippen molar-refractivity contribution in [3.05, 3.63) is 45.2 Å². The minimum Gasteiger partial charge on any atom is -0.356 e. The van der Waals surface area contributed by atoms with Gasteiger partial charge in [0.25, 0.3) is 11.5 Å². The third kappa shape index (κ3) is 4.03. The van der Waals surface area contributed by atoms with Crippen LogP contribution in [0.2, 0.25) is 0 Å². The van der Waals surface area contributed by atoms with Gasteiger partial charge in [-0.2, -0.15) is 0 Å². The molecule has 30 heavy (non-hydrogen) atoms. The van der Waals surface area contributed by atoms with E-state index in [2.05, 4.69) is 25.7 Å². The summed E-state index contributed by atoms with van der Waals surface area (Å²) < 4.78 is 2.08. The van der Waals surface area contributed by atoms with Gasteiger partial charge in [0.15, 0.2) is 0 Å². The number of carbonyl (C=O) groups excluding carboxylic acids is 1. The van der Waals surface area contributed by atoms with E-state index >= 15 is 0 Å². The number of hydrogen-bond donors (Lipinski definition) is 0. The Labute approximate surface area is 186 Å². The topological polar surface area (TPSA) is 57.9 Å². The second kappa shape index (κ2) is 8.51. The molecule has 2 aromatic rings. The van der Waals surface area contributed by atoms with Crippen LogP contribution < -0.4 is 10.5 Å². The van der Waals surface area contributed by atoms with E-state index < -0.39 is 0 Å². The van der Waals surface area contributed by atoms with Crippen LogP contribution in [0.15, 0.2) is 34.1 Å². The first-order valence-corrected chi connectivity index (χ1v) is 11.6. The molecular formula is C22H26N4O2S2. The molecular weight excluding hydrogens is 416 g/mol. The fourth-order valence-electron chi connectivity index (χ4n) is 3.83. The van der Waals surface area contributed by atoms with Crippen molar-refractivity contribution >= 4 is 51.7 Å². The first kappa shape index (κ1) is 21.1. The molecule has 4 rings (SSSR count). The Balaban J connectivity index is 1.81. The van der Waals surface area contributed by atoms with Gasteiger partial charge in [-0.1, -0.05) is 50.8 Å². The lowest BCUT2D eigenvalue weighted by molar-refractivity contribution is -0.122. The molecule has 4 heterocycles. The van der Waals surface area contributed by atoms with Crippen molar-refractivity contribution < 1.29 is 4.79 Å². The largest absolute Gasteiger partial charge is 0.356 e. The number of piperidine rings is 1. The number of thioether (sulfide) groups is 1. The lowest BCUT2D eigenvalue weighted by Crippen LogP contribution is -2.36. The number of nitrogens with zero attached hydrogens (tertiary/aromatic N) is 4. The first-order valence-electron chi connectivity index (χ1n) is 10.4. The molecule has 1 amide bonds. The third-order valence-electron chi connectivity index (χ3n) is 5.53. The van der Waals surface area contributed by atoms with Crippen LogP contribution in [0.1, 0.15) is 39.2 Å². The van der Waals surface area contributed by atoms with E-state index in [0.29, 0.717) is 44.6 Å². The van der Waals surface area contributed by atoms with Gasteiger partial charge >= 0.3 is 0 Å². The lowest BCUT2D eigenvalue weighted by Gasteiger charge is -2.32. The van der Waals surface area contributed by atoms with Crippen molar-refractivity contribution in [2.24, 2.45) is 11.8 Å². The number of carbonyl (C=O) groups is 1. The van der Waals surface area contributed by atoms with Crippen LogP contribution >= 0.6 is 24.0 Å². The number of fused-ring (bicyclic) bond motifs is 1. The molecule has 0 spiro atoms. The number of thiocarbonyl (C=S) groups is 1.